The van der Waals surface area contributed by atoms with Crippen LogP contribution in [0.25, 0.3) is 11.0 Å². The van der Waals surface area contributed by atoms with E-state index < -0.39 is 0 Å². The highest BCUT2D eigenvalue weighted by molar-refractivity contribution is 5.77. The first-order chi connectivity index (χ1) is 4.88. The maximum Gasteiger partial charge on any atom is 0.170 e. The molecule has 3 nitrogen and oxygen atoms in total. The van der Waals surface area contributed by atoms with Crippen LogP contribution in [0.3, 0.4) is 0 Å². The number of rotatable bonds is 0. The molecule has 2 aromatic rings. The SMILES string of the molecule is Cc1noc2ccncc12. The van der Waals surface area contributed by atoms with E-state index in [1.807, 2.05) is 6.92 Å². The van der Waals surface area contributed by atoms with Crippen LogP contribution in [0.2, 0.25) is 0 Å². The molecule has 0 radical (unpaired) electrons. The van der Waals surface area contributed by atoms with E-state index in [2.05, 4.69) is 10.1 Å². The van der Waals surface area contributed by atoms with Crippen molar-refractivity contribution in [3.63, 3.8) is 0 Å². The number of hydrogen-bond donors (Lipinski definition) is 0. The van der Waals surface area contributed by atoms with Crippen LogP contribution in [0, 0.1) is 6.92 Å². The lowest BCUT2D eigenvalue weighted by Crippen LogP contribution is -1.70. The van der Waals surface area contributed by atoms with Crippen LogP contribution < -0.4 is 0 Å². The molecule has 0 aliphatic heterocycles. The lowest BCUT2D eigenvalue weighted by atomic mass is 10.3. The molecule has 0 N–H and O–H groups in total. The third-order valence-electron chi connectivity index (χ3n) is 1.45. The largest absolute Gasteiger partial charge is 0.356 e. The van der Waals surface area contributed by atoms with E-state index in [-0.39, 0.29) is 0 Å². The summed E-state index contributed by atoms with van der Waals surface area (Å²) in [6, 6.07) is 1.80. The fourth-order valence-corrected chi connectivity index (χ4v) is 0.900. The van der Waals surface area contributed by atoms with Crippen LogP contribution in [0.4, 0.5) is 0 Å². The molecule has 0 unspecified atom stereocenters. The molecule has 0 fully saturated rings. The Bertz CT molecular complexity index is 353. The number of pyridine rings is 1. The Morgan fingerprint density at radius 3 is 3.20 bits per heavy atom. The van der Waals surface area contributed by atoms with Crippen molar-refractivity contribution < 1.29 is 4.52 Å². The second-order valence-electron chi connectivity index (χ2n) is 2.14. The van der Waals surface area contributed by atoms with Crippen molar-refractivity contribution >= 4 is 11.0 Å². The summed E-state index contributed by atoms with van der Waals surface area (Å²) in [5.74, 6) is 0. The van der Waals surface area contributed by atoms with Crippen molar-refractivity contribution in [3.05, 3.63) is 24.2 Å². The van der Waals surface area contributed by atoms with Gasteiger partial charge in [0.15, 0.2) is 5.58 Å². The van der Waals surface area contributed by atoms with E-state index >= 15 is 0 Å². The van der Waals surface area contributed by atoms with Crippen LogP contribution in [0.15, 0.2) is 23.0 Å². The highest BCUT2D eigenvalue weighted by Crippen LogP contribution is 2.14. The highest BCUT2D eigenvalue weighted by Gasteiger charge is 2.00. The maximum absolute atomic E-state index is 4.96. The summed E-state index contributed by atoms with van der Waals surface area (Å²) in [4.78, 5) is 3.95. The summed E-state index contributed by atoms with van der Waals surface area (Å²) in [6.45, 7) is 1.90. The highest BCUT2D eigenvalue weighted by atomic mass is 16.5. The van der Waals surface area contributed by atoms with E-state index in [1.165, 1.54) is 0 Å². The van der Waals surface area contributed by atoms with Crippen LogP contribution in [0.1, 0.15) is 5.69 Å². The number of hydrogen-bond acceptors (Lipinski definition) is 3. The summed E-state index contributed by atoms with van der Waals surface area (Å²) in [6.07, 6.45) is 3.44. The molecular weight excluding hydrogens is 128 g/mol. The summed E-state index contributed by atoms with van der Waals surface area (Å²) in [5, 5.41) is 4.77. The third kappa shape index (κ3) is 0.603. The predicted octanol–water partition coefficient (Wildman–Crippen LogP) is 1.53. The minimum absolute atomic E-state index is 0.799. The van der Waals surface area contributed by atoms with Gasteiger partial charge in [0.1, 0.15) is 0 Å². The summed E-state index contributed by atoms with van der Waals surface area (Å²) in [7, 11) is 0. The molecule has 2 aromatic heterocycles. The van der Waals surface area contributed by atoms with Crippen molar-refractivity contribution in [2.24, 2.45) is 0 Å². The van der Waals surface area contributed by atoms with Gasteiger partial charge in [0.2, 0.25) is 0 Å². The fraction of sp³-hybridized carbons (Fsp3) is 0.143. The van der Waals surface area contributed by atoms with Crippen LogP contribution in [0.5, 0.6) is 0 Å². The first-order valence-electron chi connectivity index (χ1n) is 3.04. The number of nitrogens with zero attached hydrogens (tertiary/aromatic N) is 2. The third-order valence-corrected chi connectivity index (χ3v) is 1.45. The molecule has 0 saturated carbocycles. The molecule has 0 aliphatic carbocycles. The molecule has 0 aromatic carbocycles. The molecule has 0 bridgehead atoms. The van der Waals surface area contributed by atoms with Crippen molar-refractivity contribution in [2.45, 2.75) is 6.92 Å². The van der Waals surface area contributed by atoms with Gasteiger partial charge in [0.05, 0.1) is 11.1 Å². The van der Waals surface area contributed by atoms with E-state index in [0.717, 1.165) is 16.7 Å². The average Bonchev–Trinajstić information content (AvgIpc) is 2.34. The summed E-state index contributed by atoms with van der Waals surface area (Å²) >= 11 is 0. The van der Waals surface area contributed by atoms with Gasteiger partial charge in [-0.25, -0.2) is 0 Å². The van der Waals surface area contributed by atoms with Crippen molar-refractivity contribution in [2.75, 3.05) is 0 Å². The Kier molecular flexibility index (Phi) is 0.974. The lowest BCUT2D eigenvalue weighted by molar-refractivity contribution is 0.450. The molecule has 0 saturated heterocycles. The molecule has 50 valence electrons. The van der Waals surface area contributed by atoms with Gasteiger partial charge in [-0.2, -0.15) is 0 Å². The second kappa shape index (κ2) is 1.80. The zero-order valence-electron chi connectivity index (χ0n) is 5.53. The Balaban J connectivity index is 2.93. The molecule has 10 heavy (non-hydrogen) atoms. The summed E-state index contributed by atoms with van der Waals surface area (Å²) in [5.41, 5.74) is 1.69. The first-order valence-corrected chi connectivity index (χ1v) is 3.04. The lowest BCUT2D eigenvalue weighted by Gasteiger charge is -1.81. The van der Waals surface area contributed by atoms with Crippen LogP contribution >= 0.6 is 0 Å². The van der Waals surface area contributed by atoms with Crippen molar-refractivity contribution in [1.82, 2.24) is 10.1 Å². The van der Waals surface area contributed by atoms with Gasteiger partial charge in [-0.3, -0.25) is 4.98 Å². The van der Waals surface area contributed by atoms with Crippen molar-refractivity contribution in [3.8, 4) is 0 Å². The molecule has 0 amide bonds. The van der Waals surface area contributed by atoms with Gasteiger partial charge < -0.3 is 4.52 Å². The standard InChI is InChI=1S/C7H6N2O/c1-5-6-4-8-3-2-7(6)10-9-5/h2-4H,1H3. The number of fused-ring (bicyclic) bond motifs is 1. The van der Waals surface area contributed by atoms with Gasteiger partial charge in [0.25, 0.3) is 0 Å². The van der Waals surface area contributed by atoms with Crippen LogP contribution in [-0.4, -0.2) is 10.1 Å². The molecule has 2 heterocycles. The molecule has 3 heteroatoms. The van der Waals surface area contributed by atoms with E-state index in [0.29, 0.717) is 0 Å². The monoisotopic (exact) mass is 134 g/mol. The molecule has 2 rings (SSSR count). The van der Waals surface area contributed by atoms with E-state index in [9.17, 15) is 0 Å². The number of aromatic nitrogens is 2. The molecule has 0 spiro atoms. The minimum atomic E-state index is 0.799. The Labute approximate surface area is 57.7 Å². The summed E-state index contributed by atoms with van der Waals surface area (Å²) < 4.78 is 4.96. The zero-order chi connectivity index (χ0) is 6.97. The molecule has 0 atom stereocenters. The minimum Gasteiger partial charge on any atom is -0.356 e. The number of aryl methyl sites for hydroxylation is 1. The van der Waals surface area contributed by atoms with Gasteiger partial charge >= 0.3 is 0 Å². The predicted molar refractivity (Wildman–Crippen MR) is 36.5 cm³/mol. The first kappa shape index (κ1) is 5.41. The fourth-order valence-electron chi connectivity index (χ4n) is 0.900. The van der Waals surface area contributed by atoms with Gasteiger partial charge in [-0.05, 0) is 6.92 Å². The Hall–Kier alpha value is -1.38. The average molecular weight is 134 g/mol. The van der Waals surface area contributed by atoms with E-state index in [1.54, 1.807) is 18.5 Å². The van der Waals surface area contributed by atoms with Crippen LogP contribution in [-0.2, 0) is 0 Å². The van der Waals surface area contributed by atoms with Crippen molar-refractivity contribution in [1.29, 1.82) is 0 Å². The normalized spacial score (nSPS) is 10.5. The van der Waals surface area contributed by atoms with E-state index in [4.69, 9.17) is 4.52 Å². The van der Waals surface area contributed by atoms with Gasteiger partial charge in [-0.1, -0.05) is 5.16 Å². The van der Waals surface area contributed by atoms with Gasteiger partial charge in [-0.15, -0.1) is 0 Å². The topological polar surface area (TPSA) is 38.9 Å². The zero-order valence-corrected chi connectivity index (χ0v) is 5.53. The second-order valence-corrected chi connectivity index (χ2v) is 2.14. The Morgan fingerprint density at radius 1 is 1.50 bits per heavy atom. The van der Waals surface area contributed by atoms with Gasteiger partial charge in [0, 0.05) is 18.5 Å². The Morgan fingerprint density at radius 2 is 2.40 bits per heavy atom. The maximum atomic E-state index is 4.96. The molecular formula is C7H6N2O. The quantitative estimate of drug-likeness (QED) is 0.548. The molecule has 0 aliphatic rings. The smallest absolute Gasteiger partial charge is 0.170 e.